The average molecular weight is 294 g/mol. The number of ether oxygens (including phenoxy) is 1. The summed E-state index contributed by atoms with van der Waals surface area (Å²) in [6.45, 7) is 0.958. The van der Waals surface area contributed by atoms with E-state index in [4.69, 9.17) is 4.74 Å². The van der Waals surface area contributed by atoms with Crippen molar-refractivity contribution in [1.82, 2.24) is 19.9 Å². The number of rotatable bonds is 4. The van der Waals surface area contributed by atoms with Crippen LogP contribution >= 0.6 is 0 Å². The summed E-state index contributed by atoms with van der Waals surface area (Å²) < 4.78 is 5.67. The molecule has 4 aromatic rings. The van der Waals surface area contributed by atoms with E-state index in [0.29, 0.717) is 13.2 Å². The van der Waals surface area contributed by atoms with Crippen LogP contribution in [0.3, 0.4) is 0 Å². The molecule has 0 aliphatic heterocycles. The summed E-state index contributed by atoms with van der Waals surface area (Å²) in [4.78, 5) is 24.4. The predicted molar refractivity (Wildman–Crippen MR) is 83.5 cm³/mol. The number of H-pyrrole nitrogens is 3. The molecule has 0 amide bonds. The van der Waals surface area contributed by atoms with Gasteiger partial charge in [-0.2, -0.15) is 0 Å². The van der Waals surface area contributed by atoms with Crippen LogP contribution < -0.4 is 5.69 Å². The highest BCUT2D eigenvalue weighted by Gasteiger charge is 2.06. The summed E-state index contributed by atoms with van der Waals surface area (Å²) in [5, 5.41) is 0. The molecule has 0 unspecified atom stereocenters. The number of nitrogens with zero attached hydrogens (tertiary/aromatic N) is 1. The van der Waals surface area contributed by atoms with Crippen molar-refractivity contribution in [2.45, 2.75) is 13.2 Å². The molecule has 22 heavy (non-hydrogen) atoms. The largest absolute Gasteiger partial charge is 0.369 e. The van der Waals surface area contributed by atoms with E-state index < -0.39 is 0 Å². The molecule has 0 saturated heterocycles. The Labute approximate surface area is 125 Å². The Balaban J connectivity index is 1.53. The molecular weight excluding hydrogens is 280 g/mol. The SMILES string of the molecule is O=c1[nH]c2cc3nc(COCc4ccccc4)[nH]c3cc2[nH]1. The molecule has 0 radical (unpaired) electrons. The van der Waals surface area contributed by atoms with Crippen molar-refractivity contribution in [2.75, 3.05) is 0 Å². The zero-order valence-corrected chi connectivity index (χ0v) is 11.7. The molecule has 6 nitrogen and oxygen atoms in total. The molecule has 2 aromatic carbocycles. The molecule has 0 spiro atoms. The third kappa shape index (κ3) is 2.40. The molecule has 6 heteroatoms. The standard InChI is InChI=1S/C16H14N4O2/c21-16-19-13-6-11-12(7-14(13)20-16)18-15(17-11)9-22-8-10-4-2-1-3-5-10/h1-7H,8-9H2,(H,17,18)(H2,19,20,21). The zero-order chi connectivity index (χ0) is 14.9. The van der Waals surface area contributed by atoms with Crippen LogP contribution in [0, 0.1) is 0 Å². The van der Waals surface area contributed by atoms with E-state index in [2.05, 4.69) is 19.9 Å². The first-order valence-electron chi connectivity index (χ1n) is 7.00. The number of imidazole rings is 2. The first kappa shape index (κ1) is 12.8. The van der Waals surface area contributed by atoms with E-state index in [9.17, 15) is 4.79 Å². The molecule has 2 aromatic heterocycles. The topological polar surface area (TPSA) is 86.6 Å². The van der Waals surface area contributed by atoms with Gasteiger partial charge in [-0.25, -0.2) is 9.78 Å². The van der Waals surface area contributed by atoms with Gasteiger partial charge in [0.15, 0.2) is 0 Å². The maximum atomic E-state index is 11.3. The number of aromatic nitrogens is 4. The molecular formula is C16H14N4O2. The lowest BCUT2D eigenvalue weighted by molar-refractivity contribution is 0.102. The van der Waals surface area contributed by atoms with Gasteiger partial charge < -0.3 is 19.7 Å². The van der Waals surface area contributed by atoms with Gasteiger partial charge in [-0.3, -0.25) is 0 Å². The highest BCUT2D eigenvalue weighted by atomic mass is 16.5. The molecule has 110 valence electrons. The van der Waals surface area contributed by atoms with E-state index in [-0.39, 0.29) is 5.69 Å². The van der Waals surface area contributed by atoms with Gasteiger partial charge in [0.1, 0.15) is 12.4 Å². The van der Waals surface area contributed by atoms with Crippen LogP contribution in [0.4, 0.5) is 0 Å². The van der Waals surface area contributed by atoms with Gasteiger partial charge in [-0.05, 0) is 17.7 Å². The molecule has 0 bridgehead atoms. The van der Waals surface area contributed by atoms with Crippen LogP contribution in [-0.2, 0) is 18.0 Å². The predicted octanol–water partition coefficient (Wildman–Crippen LogP) is 2.45. The smallest absolute Gasteiger partial charge is 0.323 e. The van der Waals surface area contributed by atoms with Crippen molar-refractivity contribution < 1.29 is 4.74 Å². The maximum absolute atomic E-state index is 11.3. The van der Waals surface area contributed by atoms with E-state index in [1.165, 1.54) is 0 Å². The second-order valence-corrected chi connectivity index (χ2v) is 5.16. The highest BCUT2D eigenvalue weighted by Crippen LogP contribution is 2.18. The van der Waals surface area contributed by atoms with Crippen molar-refractivity contribution >= 4 is 22.1 Å². The Morgan fingerprint density at radius 3 is 2.50 bits per heavy atom. The number of hydrogen-bond donors (Lipinski definition) is 3. The fraction of sp³-hybridized carbons (Fsp3) is 0.125. The van der Waals surface area contributed by atoms with E-state index in [1.54, 1.807) is 0 Å². The van der Waals surface area contributed by atoms with Crippen LogP contribution in [0.15, 0.2) is 47.3 Å². The Morgan fingerprint density at radius 2 is 1.68 bits per heavy atom. The van der Waals surface area contributed by atoms with Gasteiger partial charge in [-0.1, -0.05) is 30.3 Å². The van der Waals surface area contributed by atoms with Gasteiger partial charge in [-0.15, -0.1) is 0 Å². The molecule has 2 heterocycles. The minimum absolute atomic E-state index is 0.214. The van der Waals surface area contributed by atoms with Gasteiger partial charge in [0.25, 0.3) is 0 Å². The lowest BCUT2D eigenvalue weighted by Gasteiger charge is -2.01. The first-order chi connectivity index (χ1) is 10.8. The molecule has 4 rings (SSSR count). The summed E-state index contributed by atoms with van der Waals surface area (Å²) in [5.74, 6) is 0.765. The molecule has 0 aliphatic rings. The van der Waals surface area contributed by atoms with Gasteiger partial charge >= 0.3 is 5.69 Å². The van der Waals surface area contributed by atoms with Crippen LogP contribution in [0.5, 0.6) is 0 Å². The minimum Gasteiger partial charge on any atom is -0.369 e. The molecule has 0 aliphatic carbocycles. The number of nitrogens with one attached hydrogen (secondary N) is 3. The fourth-order valence-electron chi connectivity index (χ4n) is 2.50. The summed E-state index contributed by atoms with van der Waals surface area (Å²) in [6.07, 6.45) is 0. The van der Waals surface area contributed by atoms with Crippen LogP contribution in [0.1, 0.15) is 11.4 Å². The van der Waals surface area contributed by atoms with Gasteiger partial charge in [0.05, 0.1) is 28.7 Å². The third-order valence-electron chi connectivity index (χ3n) is 3.52. The second kappa shape index (κ2) is 5.16. The highest BCUT2D eigenvalue weighted by molar-refractivity contribution is 5.91. The Morgan fingerprint density at radius 1 is 0.909 bits per heavy atom. The summed E-state index contributed by atoms with van der Waals surface area (Å²) >= 11 is 0. The lowest BCUT2D eigenvalue weighted by atomic mass is 10.2. The second-order valence-electron chi connectivity index (χ2n) is 5.16. The van der Waals surface area contributed by atoms with E-state index in [0.717, 1.165) is 33.5 Å². The van der Waals surface area contributed by atoms with Crippen molar-refractivity contribution in [3.8, 4) is 0 Å². The Kier molecular flexibility index (Phi) is 3.01. The van der Waals surface area contributed by atoms with Gasteiger partial charge in [0, 0.05) is 0 Å². The Bertz CT molecular complexity index is 928. The number of aromatic amines is 3. The van der Waals surface area contributed by atoms with E-state index >= 15 is 0 Å². The zero-order valence-electron chi connectivity index (χ0n) is 11.7. The molecule has 0 atom stereocenters. The Hall–Kier alpha value is -2.86. The minimum atomic E-state index is -0.214. The van der Waals surface area contributed by atoms with Gasteiger partial charge in [0.2, 0.25) is 0 Å². The lowest BCUT2D eigenvalue weighted by Crippen LogP contribution is -1.99. The first-order valence-corrected chi connectivity index (χ1v) is 7.00. The van der Waals surface area contributed by atoms with Crippen molar-refractivity contribution in [2.24, 2.45) is 0 Å². The quantitative estimate of drug-likeness (QED) is 0.540. The van der Waals surface area contributed by atoms with Crippen LogP contribution in [0.2, 0.25) is 0 Å². The monoisotopic (exact) mass is 294 g/mol. The normalized spacial score (nSPS) is 11.5. The number of benzene rings is 2. The fourth-order valence-corrected chi connectivity index (χ4v) is 2.50. The number of fused-ring (bicyclic) bond motifs is 2. The number of hydrogen-bond acceptors (Lipinski definition) is 3. The molecule has 0 fully saturated rings. The van der Waals surface area contributed by atoms with Crippen LogP contribution in [0.25, 0.3) is 22.1 Å². The third-order valence-corrected chi connectivity index (χ3v) is 3.52. The molecule has 0 saturated carbocycles. The summed E-state index contributed by atoms with van der Waals surface area (Å²) in [6, 6.07) is 13.7. The molecule has 3 N–H and O–H groups in total. The maximum Gasteiger partial charge on any atom is 0.323 e. The van der Waals surface area contributed by atoms with Crippen molar-refractivity contribution in [3.05, 3.63) is 64.3 Å². The summed E-state index contributed by atoms with van der Waals surface area (Å²) in [5.41, 5.74) is 4.11. The van der Waals surface area contributed by atoms with Crippen LogP contribution in [-0.4, -0.2) is 19.9 Å². The van der Waals surface area contributed by atoms with Crippen molar-refractivity contribution in [1.29, 1.82) is 0 Å². The van der Waals surface area contributed by atoms with E-state index in [1.807, 2.05) is 42.5 Å². The van der Waals surface area contributed by atoms with Crippen molar-refractivity contribution in [3.63, 3.8) is 0 Å². The summed E-state index contributed by atoms with van der Waals surface area (Å²) in [7, 11) is 0. The average Bonchev–Trinajstić information content (AvgIpc) is 3.06.